The van der Waals surface area contributed by atoms with Crippen LogP contribution in [0.25, 0.3) is 0 Å². The molecular formula is C12H12BrNO5S. The van der Waals surface area contributed by atoms with Crippen molar-refractivity contribution < 1.29 is 23.1 Å². The molecule has 1 fully saturated rings. The van der Waals surface area contributed by atoms with Crippen LogP contribution in [0.1, 0.15) is 16.8 Å². The summed E-state index contributed by atoms with van der Waals surface area (Å²) in [6, 6.07) is 3.74. The Morgan fingerprint density at radius 3 is 2.60 bits per heavy atom. The SMILES string of the molecule is CN1CCC(S(=O)(=O)c2cc(C(=O)O)ccc2Br)C1=O. The van der Waals surface area contributed by atoms with Crippen LogP contribution in [-0.2, 0) is 14.6 Å². The summed E-state index contributed by atoms with van der Waals surface area (Å²) >= 11 is 3.10. The van der Waals surface area contributed by atoms with Crippen LogP contribution in [0.5, 0.6) is 0 Å². The number of carboxylic acids is 1. The first-order valence-electron chi connectivity index (χ1n) is 5.77. The highest BCUT2D eigenvalue weighted by molar-refractivity contribution is 9.10. The van der Waals surface area contributed by atoms with E-state index in [-0.39, 0.29) is 21.4 Å². The van der Waals surface area contributed by atoms with E-state index in [0.29, 0.717) is 6.54 Å². The molecule has 108 valence electrons. The number of hydrogen-bond acceptors (Lipinski definition) is 4. The molecule has 1 amide bonds. The summed E-state index contributed by atoms with van der Waals surface area (Å²) in [6.07, 6.45) is 0.210. The number of aromatic carboxylic acids is 1. The number of carbonyl (C=O) groups is 2. The fourth-order valence-corrected chi connectivity index (χ4v) is 4.81. The van der Waals surface area contributed by atoms with Gasteiger partial charge in [0.2, 0.25) is 5.91 Å². The summed E-state index contributed by atoms with van der Waals surface area (Å²) in [4.78, 5) is 24.0. The van der Waals surface area contributed by atoms with Crippen molar-refractivity contribution in [3.8, 4) is 0 Å². The molecule has 1 heterocycles. The van der Waals surface area contributed by atoms with E-state index in [2.05, 4.69) is 15.9 Å². The fourth-order valence-electron chi connectivity index (χ4n) is 2.09. The number of carbonyl (C=O) groups excluding carboxylic acids is 1. The molecule has 8 heteroatoms. The van der Waals surface area contributed by atoms with Gasteiger partial charge in [0.25, 0.3) is 0 Å². The van der Waals surface area contributed by atoms with Gasteiger partial charge >= 0.3 is 5.97 Å². The Labute approximate surface area is 124 Å². The molecule has 1 aromatic rings. The zero-order valence-electron chi connectivity index (χ0n) is 10.5. The Kier molecular flexibility index (Phi) is 3.88. The van der Waals surface area contributed by atoms with E-state index in [1.807, 2.05) is 0 Å². The summed E-state index contributed by atoms with van der Waals surface area (Å²) in [5.74, 6) is -1.68. The second-order valence-corrected chi connectivity index (χ2v) is 7.49. The predicted octanol–water partition coefficient (Wildman–Crippen LogP) is 1.15. The zero-order valence-corrected chi connectivity index (χ0v) is 12.9. The standard InChI is InChI=1S/C12H12BrNO5S/c1-14-5-4-9(11(14)15)20(18,19)10-6-7(12(16)17)2-3-8(10)13/h2-3,6,9H,4-5H2,1H3,(H,16,17). The van der Waals surface area contributed by atoms with Gasteiger partial charge in [-0.05, 0) is 40.5 Å². The maximum absolute atomic E-state index is 12.5. The van der Waals surface area contributed by atoms with Crippen LogP contribution in [0, 0.1) is 0 Å². The third-order valence-corrected chi connectivity index (χ3v) is 6.33. The molecule has 1 unspecified atom stereocenters. The fraction of sp³-hybridized carbons (Fsp3) is 0.333. The highest BCUT2D eigenvalue weighted by Gasteiger charge is 2.41. The molecule has 1 atom stereocenters. The number of rotatable bonds is 3. The van der Waals surface area contributed by atoms with Crippen molar-refractivity contribution in [1.82, 2.24) is 4.90 Å². The highest BCUT2D eigenvalue weighted by Crippen LogP contribution is 2.30. The first-order chi connectivity index (χ1) is 9.25. The maximum atomic E-state index is 12.5. The number of sulfone groups is 1. The molecule has 0 bridgehead atoms. The lowest BCUT2D eigenvalue weighted by molar-refractivity contribution is -0.126. The molecule has 1 N–H and O–H groups in total. The van der Waals surface area contributed by atoms with Crippen molar-refractivity contribution >= 4 is 37.6 Å². The van der Waals surface area contributed by atoms with Crippen LogP contribution in [0.15, 0.2) is 27.6 Å². The minimum absolute atomic E-state index is 0.134. The second-order valence-electron chi connectivity index (χ2n) is 4.53. The third-order valence-electron chi connectivity index (χ3n) is 3.24. The Hall–Kier alpha value is -1.41. The summed E-state index contributed by atoms with van der Waals surface area (Å²) in [6.45, 7) is 0.374. The van der Waals surface area contributed by atoms with Gasteiger partial charge in [0.15, 0.2) is 9.84 Å². The second kappa shape index (κ2) is 5.17. The summed E-state index contributed by atoms with van der Waals surface area (Å²) < 4.78 is 25.3. The normalized spacial score (nSPS) is 19.4. The van der Waals surface area contributed by atoms with Gasteiger partial charge in [-0.3, -0.25) is 4.79 Å². The zero-order chi connectivity index (χ0) is 15.1. The lowest BCUT2D eigenvalue weighted by atomic mass is 10.2. The van der Waals surface area contributed by atoms with Gasteiger partial charge in [0, 0.05) is 18.1 Å². The van der Waals surface area contributed by atoms with Gasteiger partial charge < -0.3 is 10.0 Å². The van der Waals surface area contributed by atoms with Gasteiger partial charge in [-0.1, -0.05) is 0 Å². The lowest BCUT2D eigenvalue weighted by Gasteiger charge is -2.13. The van der Waals surface area contributed by atoms with E-state index in [1.165, 1.54) is 17.0 Å². The topological polar surface area (TPSA) is 91.8 Å². The summed E-state index contributed by atoms with van der Waals surface area (Å²) in [5.41, 5.74) is -0.134. The molecule has 1 aliphatic rings. The van der Waals surface area contributed by atoms with Gasteiger partial charge in [-0.15, -0.1) is 0 Å². The lowest BCUT2D eigenvalue weighted by Crippen LogP contribution is -2.32. The number of likely N-dealkylation sites (tertiary alicyclic amines) is 1. The molecular weight excluding hydrogens is 350 g/mol. The highest BCUT2D eigenvalue weighted by atomic mass is 79.9. The number of amides is 1. The molecule has 0 aliphatic carbocycles. The quantitative estimate of drug-likeness (QED) is 0.871. The Bertz CT molecular complexity index is 685. The van der Waals surface area contributed by atoms with Crippen LogP contribution < -0.4 is 0 Å². The molecule has 0 spiro atoms. The van der Waals surface area contributed by atoms with Crippen molar-refractivity contribution in [2.45, 2.75) is 16.6 Å². The number of nitrogens with zero attached hydrogens (tertiary/aromatic N) is 1. The Balaban J connectivity index is 2.52. The average Bonchev–Trinajstić information content (AvgIpc) is 2.70. The largest absolute Gasteiger partial charge is 0.478 e. The van der Waals surface area contributed by atoms with E-state index in [0.717, 1.165) is 6.07 Å². The van der Waals surface area contributed by atoms with Crippen molar-refractivity contribution in [2.75, 3.05) is 13.6 Å². The number of carboxylic acid groups (broad SMARTS) is 1. The number of halogens is 1. The van der Waals surface area contributed by atoms with Gasteiger partial charge in [-0.25, -0.2) is 13.2 Å². The molecule has 0 radical (unpaired) electrons. The van der Waals surface area contributed by atoms with E-state index >= 15 is 0 Å². The third kappa shape index (κ3) is 2.45. The van der Waals surface area contributed by atoms with Crippen molar-refractivity contribution in [3.05, 3.63) is 28.2 Å². The minimum atomic E-state index is -3.91. The Morgan fingerprint density at radius 1 is 1.45 bits per heavy atom. The number of hydrogen-bond donors (Lipinski definition) is 1. The van der Waals surface area contributed by atoms with E-state index in [1.54, 1.807) is 7.05 Å². The molecule has 0 saturated carbocycles. The van der Waals surface area contributed by atoms with Gasteiger partial charge in [0.1, 0.15) is 5.25 Å². The Morgan fingerprint density at radius 2 is 2.10 bits per heavy atom. The van der Waals surface area contributed by atoms with Crippen molar-refractivity contribution in [2.24, 2.45) is 0 Å². The van der Waals surface area contributed by atoms with E-state index in [4.69, 9.17) is 5.11 Å². The van der Waals surface area contributed by atoms with Crippen LogP contribution in [-0.4, -0.2) is 49.1 Å². The first kappa shape index (κ1) is 15.0. The summed E-state index contributed by atoms with van der Waals surface area (Å²) in [7, 11) is -2.37. The first-order valence-corrected chi connectivity index (χ1v) is 8.11. The minimum Gasteiger partial charge on any atom is -0.478 e. The molecule has 0 aromatic heterocycles. The molecule has 1 aromatic carbocycles. The van der Waals surface area contributed by atoms with Gasteiger partial charge in [0.05, 0.1) is 10.5 Å². The molecule has 6 nitrogen and oxygen atoms in total. The molecule has 1 saturated heterocycles. The van der Waals surface area contributed by atoms with E-state index < -0.39 is 27.0 Å². The van der Waals surface area contributed by atoms with E-state index in [9.17, 15) is 18.0 Å². The average molecular weight is 362 g/mol. The number of benzene rings is 1. The van der Waals surface area contributed by atoms with Crippen LogP contribution >= 0.6 is 15.9 Å². The van der Waals surface area contributed by atoms with Crippen molar-refractivity contribution in [3.63, 3.8) is 0 Å². The summed E-state index contributed by atoms with van der Waals surface area (Å²) in [5, 5.41) is 7.79. The smallest absolute Gasteiger partial charge is 0.335 e. The predicted molar refractivity (Wildman–Crippen MR) is 74.3 cm³/mol. The van der Waals surface area contributed by atoms with Crippen LogP contribution in [0.2, 0.25) is 0 Å². The van der Waals surface area contributed by atoms with Gasteiger partial charge in [-0.2, -0.15) is 0 Å². The molecule has 20 heavy (non-hydrogen) atoms. The molecule has 1 aliphatic heterocycles. The molecule has 2 rings (SSSR count). The van der Waals surface area contributed by atoms with Crippen LogP contribution in [0.3, 0.4) is 0 Å². The maximum Gasteiger partial charge on any atom is 0.335 e. The monoisotopic (exact) mass is 361 g/mol. The van der Waals surface area contributed by atoms with Crippen molar-refractivity contribution in [1.29, 1.82) is 0 Å². The van der Waals surface area contributed by atoms with Crippen LogP contribution in [0.4, 0.5) is 0 Å².